The molecule has 0 spiro atoms. The van der Waals surface area contributed by atoms with E-state index in [1.165, 1.54) is 0 Å². The molecule has 2 aromatic rings. The summed E-state index contributed by atoms with van der Waals surface area (Å²) in [5.41, 5.74) is 1.93. The molecule has 0 aromatic heterocycles. The molecule has 0 bridgehead atoms. The number of aliphatic hydroxyl groups is 1. The number of halogens is 2. The van der Waals surface area contributed by atoms with E-state index in [4.69, 9.17) is 37.8 Å². The first-order valence-electron chi connectivity index (χ1n) is 8.78. The Bertz CT molecular complexity index is 695. The summed E-state index contributed by atoms with van der Waals surface area (Å²) in [6, 6.07) is 11.3. The average molecular weight is 398 g/mol. The minimum absolute atomic E-state index is 0.218. The zero-order chi connectivity index (χ0) is 18.8. The highest BCUT2D eigenvalue weighted by Gasteiger charge is 2.11. The molecule has 0 heterocycles. The molecule has 0 unspecified atom stereocenters. The molecule has 0 atom stereocenters. The van der Waals surface area contributed by atoms with Crippen molar-refractivity contribution in [1.29, 1.82) is 0 Å². The molecule has 2 aromatic carbocycles. The Hall–Kier alpha value is -1.46. The standard InChI is InChI=1S/C20H25Cl2NO3/c1-2-25-19-11-16(13-23-8-3-4-9-24)18(22)12-20(19)26-14-15-6-5-7-17(21)10-15/h5-7,10-12,23-24H,2-4,8-9,13-14H2,1H3. The second kappa shape index (κ2) is 11.3. The average Bonchev–Trinajstić information content (AvgIpc) is 2.62. The van der Waals surface area contributed by atoms with Gasteiger partial charge < -0.3 is 19.9 Å². The lowest BCUT2D eigenvalue weighted by molar-refractivity contribution is 0.269. The first-order valence-corrected chi connectivity index (χ1v) is 9.53. The van der Waals surface area contributed by atoms with Gasteiger partial charge in [-0.15, -0.1) is 0 Å². The summed E-state index contributed by atoms with van der Waals surface area (Å²) in [5, 5.41) is 13.4. The van der Waals surface area contributed by atoms with Crippen LogP contribution < -0.4 is 14.8 Å². The summed E-state index contributed by atoms with van der Waals surface area (Å²) >= 11 is 12.4. The highest BCUT2D eigenvalue weighted by Crippen LogP contribution is 2.34. The largest absolute Gasteiger partial charge is 0.490 e. The van der Waals surface area contributed by atoms with Crippen LogP contribution in [0, 0.1) is 0 Å². The topological polar surface area (TPSA) is 50.7 Å². The second-order valence-electron chi connectivity index (χ2n) is 5.85. The Morgan fingerprint density at radius 2 is 1.85 bits per heavy atom. The monoisotopic (exact) mass is 397 g/mol. The maximum absolute atomic E-state index is 8.81. The maximum atomic E-state index is 8.81. The van der Waals surface area contributed by atoms with E-state index < -0.39 is 0 Å². The number of nitrogens with one attached hydrogen (secondary N) is 1. The van der Waals surface area contributed by atoms with E-state index in [1.807, 2.05) is 37.3 Å². The molecule has 0 saturated carbocycles. The molecule has 6 heteroatoms. The fourth-order valence-electron chi connectivity index (χ4n) is 2.47. The van der Waals surface area contributed by atoms with Crippen molar-refractivity contribution in [2.24, 2.45) is 0 Å². The van der Waals surface area contributed by atoms with E-state index in [0.29, 0.717) is 41.3 Å². The fraction of sp³-hybridized carbons (Fsp3) is 0.400. The van der Waals surface area contributed by atoms with Crippen molar-refractivity contribution in [3.63, 3.8) is 0 Å². The van der Waals surface area contributed by atoms with E-state index in [-0.39, 0.29) is 6.61 Å². The summed E-state index contributed by atoms with van der Waals surface area (Å²) in [5.74, 6) is 1.28. The number of hydrogen-bond donors (Lipinski definition) is 2. The van der Waals surface area contributed by atoms with E-state index in [1.54, 1.807) is 6.07 Å². The lowest BCUT2D eigenvalue weighted by Crippen LogP contribution is -2.15. The van der Waals surface area contributed by atoms with Gasteiger partial charge >= 0.3 is 0 Å². The molecule has 0 radical (unpaired) electrons. The maximum Gasteiger partial charge on any atom is 0.163 e. The van der Waals surface area contributed by atoms with Crippen LogP contribution in [0.3, 0.4) is 0 Å². The van der Waals surface area contributed by atoms with Crippen LogP contribution in [-0.4, -0.2) is 24.9 Å². The van der Waals surface area contributed by atoms with Crippen LogP contribution in [0.1, 0.15) is 30.9 Å². The van der Waals surface area contributed by atoms with Crippen molar-refractivity contribution in [2.75, 3.05) is 19.8 Å². The smallest absolute Gasteiger partial charge is 0.163 e. The fourth-order valence-corrected chi connectivity index (χ4v) is 2.90. The Morgan fingerprint density at radius 3 is 2.58 bits per heavy atom. The number of aliphatic hydroxyl groups excluding tert-OH is 1. The van der Waals surface area contributed by atoms with Gasteiger partial charge in [-0.25, -0.2) is 0 Å². The Morgan fingerprint density at radius 1 is 1.04 bits per heavy atom. The first-order chi connectivity index (χ1) is 12.6. The molecule has 26 heavy (non-hydrogen) atoms. The molecule has 2 rings (SSSR count). The Balaban J connectivity index is 2.04. The van der Waals surface area contributed by atoms with Crippen LogP contribution in [0.15, 0.2) is 36.4 Å². The molecule has 0 aliphatic rings. The highest BCUT2D eigenvalue weighted by atomic mass is 35.5. The summed E-state index contributed by atoms with van der Waals surface area (Å²) in [6.45, 7) is 4.54. The SMILES string of the molecule is CCOc1cc(CNCCCCO)c(Cl)cc1OCc1cccc(Cl)c1. The van der Waals surface area contributed by atoms with Crippen LogP contribution in [0.4, 0.5) is 0 Å². The van der Waals surface area contributed by atoms with Crippen molar-refractivity contribution in [1.82, 2.24) is 5.32 Å². The Labute approximate surface area is 165 Å². The normalized spacial score (nSPS) is 10.8. The number of rotatable bonds is 11. The number of benzene rings is 2. The predicted molar refractivity (Wildman–Crippen MR) is 106 cm³/mol. The molecular formula is C20H25Cl2NO3. The van der Waals surface area contributed by atoms with E-state index in [0.717, 1.165) is 30.5 Å². The van der Waals surface area contributed by atoms with Gasteiger partial charge in [0.15, 0.2) is 11.5 Å². The minimum atomic E-state index is 0.218. The van der Waals surface area contributed by atoms with Gasteiger partial charge in [0.2, 0.25) is 0 Å². The van der Waals surface area contributed by atoms with E-state index in [2.05, 4.69) is 5.32 Å². The van der Waals surface area contributed by atoms with Crippen LogP contribution in [0.25, 0.3) is 0 Å². The molecule has 0 saturated heterocycles. The highest BCUT2D eigenvalue weighted by molar-refractivity contribution is 6.31. The number of ether oxygens (including phenoxy) is 2. The summed E-state index contributed by atoms with van der Waals surface area (Å²) < 4.78 is 11.6. The van der Waals surface area contributed by atoms with Crippen molar-refractivity contribution >= 4 is 23.2 Å². The van der Waals surface area contributed by atoms with Gasteiger partial charge in [-0.2, -0.15) is 0 Å². The first kappa shape index (κ1) is 20.8. The minimum Gasteiger partial charge on any atom is -0.490 e. The molecule has 2 N–H and O–H groups in total. The molecular weight excluding hydrogens is 373 g/mol. The van der Waals surface area contributed by atoms with Crippen molar-refractivity contribution < 1.29 is 14.6 Å². The van der Waals surface area contributed by atoms with Gasteiger partial charge in [-0.3, -0.25) is 0 Å². The third-order valence-corrected chi connectivity index (χ3v) is 4.36. The zero-order valence-corrected chi connectivity index (χ0v) is 16.4. The Kier molecular flexibility index (Phi) is 9.06. The van der Waals surface area contributed by atoms with E-state index in [9.17, 15) is 0 Å². The van der Waals surface area contributed by atoms with Gasteiger partial charge in [0.25, 0.3) is 0 Å². The van der Waals surface area contributed by atoms with Crippen LogP contribution >= 0.6 is 23.2 Å². The van der Waals surface area contributed by atoms with E-state index >= 15 is 0 Å². The van der Waals surface area contributed by atoms with Gasteiger partial charge in [-0.1, -0.05) is 35.3 Å². The van der Waals surface area contributed by atoms with Crippen LogP contribution in [-0.2, 0) is 13.2 Å². The molecule has 0 aliphatic heterocycles. The van der Waals surface area contributed by atoms with Gasteiger partial charge in [0.05, 0.1) is 6.61 Å². The van der Waals surface area contributed by atoms with Gasteiger partial charge in [-0.05, 0) is 55.6 Å². The second-order valence-corrected chi connectivity index (χ2v) is 6.69. The number of unbranched alkanes of at least 4 members (excludes halogenated alkanes) is 1. The molecule has 0 aliphatic carbocycles. The van der Waals surface area contributed by atoms with Gasteiger partial charge in [0, 0.05) is 29.3 Å². The summed E-state index contributed by atoms with van der Waals surface area (Å²) in [6.07, 6.45) is 1.72. The third kappa shape index (κ3) is 6.69. The van der Waals surface area contributed by atoms with Crippen molar-refractivity contribution in [3.8, 4) is 11.5 Å². The molecule has 0 amide bonds. The van der Waals surface area contributed by atoms with Crippen molar-refractivity contribution in [2.45, 2.75) is 32.9 Å². The van der Waals surface area contributed by atoms with Crippen molar-refractivity contribution in [3.05, 3.63) is 57.6 Å². The van der Waals surface area contributed by atoms with Gasteiger partial charge in [0.1, 0.15) is 6.61 Å². The lowest BCUT2D eigenvalue weighted by Gasteiger charge is -2.15. The third-order valence-electron chi connectivity index (χ3n) is 3.77. The lowest BCUT2D eigenvalue weighted by atomic mass is 10.2. The summed E-state index contributed by atoms with van der Waals surface area (Å²) in [7, 11) is 0. The van der Waals surface area contributed by atoms with Crippen LogP contribution in [0.5, 0.6) is 11.5 Å². The predicted octanol–water partition coefficient (Wildman–Crippen LogP) is 4.83. The quantitative estimate of drug-likeness (QED) is 0.532. The molecule has 142 valence electrons. The molecule has 4 nitrogen and oxygen atoms in total. The summed E-state index contributed by atoms with van der Waals surface area (Å²) in [4.78, 5) is 0. The molecule has 0 fully saturated rings. The number of hydrogen-bond acceptors (Lipinski definition) is 4. The zero-order valence-electron chi connectivity index (χ0n) is 14.9. The van der Waals surface area contributed by atoms with Crippen LogP contribution in [0.2, 0.25) is 10.0 Å².